The first kappa shape index (κ1) is 21.5. The van der Waals surface area contributed by atoms with Crippen LogP contribution in [0.25, 0.3) is 0 Å². The van der Waals surface area contributed by atoms with Gasteiger partial charge in [0, 0.05) is 44.1 Å². The molecule has 164 valence electrons. The van der Waals surface area contributed by atoms with Crippen LogP contribution >= 0.6 is 0 Å². The molecule has 2 saturated heterocycles. The quantitative estimate of drug-likeness (QED) is 0.738. The molecule has 6 heteroatoms. The lowest BCUT2D eigenvalue weighted by atomic mass is 10.1. The Morgan fingerprint density at radius 2 is 1.65 bits per heavy atom. The van der Waals surface area contributed by atoms with Crippen LogP contribution < -0.4 is 15.0 Å². The van der Waals surface area contributed by atoms with E-state index >= 15 is 0 Å². The molecular formula is C25H33N5O. The number of nitriles is 1. The number of benzene rings is 2. The van der Waals surface area contributed by atoms with Gasteiger partial charge in [0.25, 0.3) is 0 Å². The highest BCUT2D eigenvalue weighted by atomic mass is 16.5. The Bertz CT molecular complexity index is 878. The normalized spacial score (nSPS) is 17.9. The standard InChI is InChI=1S/C25H33N5O/c1-31-25-9-7-24(8-10-25)30-15-13-28(14-16-30)19-22-17-23(6-5-21(22)18-26)27-20-29-11-3-2-4-12-29/h5-10,17,27H,2-4,11-16,19-20H2,1H3. The van der Waals surface area contributed by atoms with Gasteiger partial charge in [-0.25, -0.2) is 0 Å². The van der Waals surface area contributed by atoms with E-state index < -0.39 is 0 Å². The fraction of sp³-hybridized carbons (Fsp3) is 0.480. The van der Waals surface area contributed by atoms with Gasteiger partial charge in [0.05, 0.1) is 25.4 Å². The van der Waals surface area contributed by atoms with Crippen molar-refractivity contribution in [3.05, 3.63) is 53.6 Å². The van der Waals surface area contributed by atoms with E-state index in [1.165, 1.54) is 38.0 Å². The Morgan fingerprint density at radius 3 is 2.32 bits per heavy atom. The molecule has 2 heterocycles. The Morgan fingerprint density at radius 1 is 0.903 bits per heavy atom. The molecule has 0 aromatic heterocycles. The molecule has 1 N–H and O–H groups in total. The lowest BCUT2D eigenvalue weighted by Crippen LogP contribution is -2.46. The average Bonchev–Trinajstić information content (AvgIpc) is 2.84. The maximum atomic E-state index is 9.59. The summed E-state index contributed by atoms with van der Waals surface area (Å²) in [6.07, 6.45) is 3.94. The highest BCUT2D eigenvalue weighted by Crippen LogP contribution is 2.22. The van der Waals surface area contributed by atoms with Crippen molar-refractivity contribution in [2.45, 2.75) is 25.8 Å². The second-order valence-electron chi connectivity index (χ2n) is 8.46. The third-order valence-corrected chi connectivity index (χ3v) is 6.38. The van der Waals surface area contributed by atoms with Crippen molar-refractivity contribution in [3.8, 4) is 11.8 Å². The number of rotatable bonds is 7. The van der Waals surface area contributed by atoms with Crippen LogP contribution in [0.4, 0.5) is 11.4 Å². The minimum absolute atomic E-state index is 0.779. The van der Waals surface area contributed by atoms with Gasteiger partial charge in [0.1, 0.15) is 5.75 Å². The van der Waals surface area contributed by atoms with Gasteiger partial charge in [-0.15, -0.1) is 0 Å². The van der Waals surface area contributed by atoms with E-state index in [-0.39, 0.29) is 0 Å². The number of nitrogens with one attached hydrogen (secondary N) is 1. The van der Waals surface area contributed by atoms with Crippen molar-refractivity contribution in [1.82, 2.24) is 9.80 Å². The summed E-state index contributed by atoms with van der Waals surface area (Å²) in [6, 6.07) is 16.8. The summed E-state index contributed by atoms with van der Waals surface area (Å²) < 4.78 is 5.26. The fourth-order valence-electron chi connectivity index (χ4n) is 4.46. The van der Waals surface area contributed by atoms with E-state index in [0.29, 0.717) is 0 Å². The summed E-state index contributed by atoms with van der Waals surface area (Å²) in [6.45, 7) is 8.00. The number of methoxy groups -OCH3 is 1. The van der Waals surface area contributed by atoms with E-state index in [1.54, 1.807) is 7.11 Å². The van der Waals surface area contributed by atoms with Crippen LogP contribution in [0.5, 0.6) is 5.75 Å². The van der Waals surface area contributed by atoms with Crippen LogP contribution in [0.2, 0.25) is 0 Å². The number of piperidine rings is 1. The van der Waals surface area contributed by atoms with Crippen LogP contribution in [0.15, 0.2) is 42.5 Å². The Balaban J connectivity index is 1.33. The molecule has 2 fully saturated rings. The van der Waals surface area contributed by atoms with Crippen molar-refractivity contribution in [3.63, 3.8) is 0 Å². The number of hydrogen-bond acceptors (Lipinski definition) is 6. The molecule has 2 aliphatic heterocycles. The van der Waals surface area contributed by atoms with E-state index in [4.69, 9.17) is 4.74 Å². The maximum Gasteiger partial charge on any atom is 0.119 e. The molecular weight excluding hydrogens is 386 g/mol. The van der Waals surface area contributed by atoms with E-state index in [9.17, 15) is 5.26 Å². The molecule has 2 aromatic rings. The summed E-state index contributed by atoms with van der Waals surface area (Å²) in [7, 11) is 1.70. The Kier molecular flexibility index (Phi) is 7.29. The molecule has 4 rings (SSSR count). The number of nitrogens with zero attached hydrogens (tertiary/aromatic N) is 4. The van der Waals surface area contributed by atoms with Crippen LogP contribution in [0, 0.1) is 11.3 Å². The van der Waals surface area contributed by atoms with Crippen LogP contribution in [-0.2, 0) is 6.54 Å². The molecule has 0 spiro atoms. The zero-order valence-electron chi connectivity index (χ0n) is 18.5. The van der Waals surface area contributed by atoms with Crippen molar-refractivity contribution in [2.75, 3.05) is 63.3 Å². The molecule has 0 amide bonds. The van der Waals surface area contributed by atoms with E-state index in [1.807, 2.05) is 24.3 Å². The molecule has 0 aliphatic carbocycles. The van der Waals surface area contributed by atoms with E-state index in [2.05, 4.69) is 44.3 Å². The first-order valence-electron chi connectivity index (χ1n) is 11.4. The molecule has 0 atom stereocenters. The second kappa shape index (κ2) is 10.5. The molecule has 2 aliphatic rings. The summed E-state index contributed by atoms with van der Waals surface area (Å²) in [5.74, 6) is 0.889. The van der Waals surface area contributed by atoms with Gasteiger partial charge in [0.15, 0.2) is 0 Å². The summed E-state index contributed by atoms with van der Waals surface area (Å²) in [4.78, 5) is 7.34. The molecule has 6 nitrogen and oxygen atoms in total. The largest absolute Gasteiger partial charge is 0.497 e. The third-order valence-electron chi connectivity index (χ3n) is 6.38. The predicted molar refractivity (Wildman–Crippen MR) is 126 cm³/mol. The third kappa shape index (κ3) is 5.69. The Hall–Kier alpha value is -2.75. The van der Waals surface area contributed by atoms with Gasteiger partial charge in [0.2, 0.25) is 0 Å². The maximum absolute atomic E-state index is 9.59. The van der Waals surface area contributed by atoms with Crippen molar-refractivity contribution < 1.29 is 4.74 Å². The van der Waals surface area contributed by atoms with Gasteiger partial charge >= 0.3 is 0 Å². The molecule has 31 heavy (non-hydrogen) atoms. The summed E-state index contributed by atoms with van der Waals surface area (Å²) in [5.41, 5.74) is 4.24. The topological polar surface area (TPSA) is 54.8 Å². The molecule has 2 aromatic carbocycles. The zero-order valence-corrected chi connectivity index (χ0v) is 18.5. The van der Waals surface area contributed by atoms with Gasteiger partial charge in [-0.2, -0.15) is 5.26 Å². The predicted octanol–water partition coefficient (Wildman–Crippen LogP) is 3.74. The molecule has 0 radical (unpaired) electrons. The fourth-order valence-corrected chi connectivity index (χ4v) is 4.46. The van der Waals surface area contributed by atoms with Crippen molar-refractivity contribution in [1.29, 1.82) is 5.26 Å². The Labute approximate surface area is 186 Å². The molecule has 0 bridgehead atoms. The van der Waals surface area contributed by atoms with Crippen LogP contribution in [0.3, 0.4) is 0 Å². The number of ether oxygens (including phenoxy) is 1. The number of piperazine rings is 1. The highest BCUT2D eigenvalue weighted by molar-refractivity contribution is 5.52. The van der Waals surface area contributed by atoms with Crippen LogP contribution in [0.1, 0.15) is 30.4 Å². The second-order valence-corrected chi connectivity index (χ2v) is 8.46. The van der Waals surface area contributed by atoms with Crippen molar-refractivity contribution in [2.24, 2.45) is 0 Å². The first-order valence-corrected chi connectivity index (χ1v) is 11.4. The minimum Gasteiger partial charge on any atom is -0.497 e. The smallest absolute Gasteiger partial charge is 0.119 e. The molecule has 0 saturated carbocycles. The number of likely N-dealkylation sites (tertiary alicyclic amines) is 1. The molecule has 0 unspecified atom stereocenters. The number of hydrogen-bond donors (Lipinski definition) is 1. The van der Waals surface area contributed by atoms with Gasteiger partial charge < -0.3 is 15.0 Å². The van der Waals surface area contributed by atoms with Gasteiger partial charge in [-0.1, -0.05) is 6.42 Å². The zero-order chi connectivity index (χ0) is 21.5. The lowest BCUT2D eigenvalue weighted by molar-refractivity contribution is 0.243. The number of anilines is 2. The summed E-state index contributed by atoms with van der Waals surface area (Å²) >= 11 is 0. The van der Waals surface area contributed by atoms with Crippen molar-refractivity contribution >= 4 is 11.4 Å². The minimum atomic E-state index is 0.779. The lowest BCUT2D eigenvalue weighted by Gasteiger charge is -2.36. The van der Waals surface area contributed by atoms with Gasteiger partial charge in [-0.3, -0.25) is 9.80 Å². The monoisotopic (exact) mass is 419 g/mol. The van der Waals surface area contributed by atoms with E-state index in [0.717, 1.165) is 62.0 Å². The average molecular weight is 420 g/mol. The highest BCUT2D eigenvalue weighted by Gasteiger charge is 2.19. The van der Waals surface area contributed by atoms with Gasteiger partial charge in [-0.05, 0) is 74.0 Å². The van der Waals surface area contributed by atoms with Crippen LogP contribution in [-0.4, -0.2) is 62.8 Å². The SMILES string of the molecule is COc1ccc(N2CCN(Cc3cc(NCN4CCCCC4)ccc3C#N)CC2)cc1. The first-order chi connectivity index (χ1) is 15.2. The summed E-state index contributed by atoms with van der Waals surface area (Å²) in [5, 5.41) is 13.2.